The molecule has 1 heterocycles. The Morgan fingerprint density at radius 1 is 1.40 bits per heavy atom. The van der Waals surface area contributed by atoms with E-state index in [0.717, 1.165) is 18.8 Å². The number of imidazole rings is 1. The molecule has 1 aromatic rings. The second kappa shape index (κ2) is 4.60. The molecule has 0 unspecified atom stereocenters. The molecule has 1 aromatic heterocycles. The Hall–Kier alpha value is -1.12. The van der Waals surface area contributed by atoms with Crippen LogP contribution >= 0.6 is 0 Å². The third-order valence-corrected chi connectivity index (χ3v) is 3.37. The van der Waals surface area contributed by atoms with Crippen LogP contribution < -0.4 is 0 Å². The van der Waals surface area contributed by atoms with Crippen molar-refractivity contribution in [3.05, 3.63) is 18.7 Å². The second-order valence-electron chi connectivity index (χ2n) is 4.66. The maximum absolute atomic E-state index is 11.9. The fraction of sp³-hybridized carbons (Fsp3) is 0.667. The van der Waals surface area contributed by atoms with Crippen molar-refractivity contribution in [1.29, 1.82) is 0 Å². The van der Waals surface area contributed by atoms with Gasteiger partial charge in [-0.15, -0.1) is 0 Å². The van der Waals surface area contributed by atoms with E-state index in [0.29, 0.717) is 18.2 Å². The van der Waals surface area contributed by atoms with Crippen molar-refractivity contribution in [2.24, 2.45) is 11.8 Å². The molecule has 0 spiro atoms. The SMILES string of the molecule is CC1CCC(C(=O)Cn2ccnc2)CC1. The summed E-state index contributed by atoms with van der Waals surface area (Å²) in [6.45, 7) is 2.77. The molecule has 3 nitrogen and oxygen atoms in total. The molecule has 1 aliphatic carbocycles. The van der Waals surface area contributed by atoms with E-state index in [1.54, 1.807) is 12.5 Å². The van der Waals surface area contributed by atoms with Crippen molar-refractivity contribution in [2.45, 2.75) is 39.2 Å². The standard InChI is InChI=1S/C12H18N2O/c1-10-2-4-11(5-3-10)12(15)8-14-7-6-13-9-14/h6-7,9-11H,2-5,8H2,1H3. The lowest BCUT2D eigenvalue weighted by Gasteiger charge is -2.25. The third kappa shape index (κ3) is 2.67. The predicted molar refractivity (Wildman–Crippen MR) is 58.4 cm³/mol. The molecular formula is C12H18N2O. The first-order valence-corrected chi connectivity index (χ1v) is 5.74. The zero-order valence-electron chi connectivity index (χ0n) is 9.22. The summed E-state index contributed by atoms with van der Waals surface area (Å²) < 4.78 is 1.86. The lowest BCUT2D eigenvalue weighted by Crippen LogP contribution is -2.24. The zero-order valence-corrected chi connectivity index (χ0v) is 9.22. The van der Waals surface area contributed by atoms with Crippen LogP contribution in [0.5, 0.6) is 0 Å². The van der Waals surface area contributed by atoms with Crippen molar-refractivity contribution in [3.8, 4) is 0 Å². The smallest absolute Gasteiger partial charge is 0.155 e. The molecule has 0 saturated heterocycles. The van der Waals surface area contributed by atoms with Crippen LogP contribution in [-0.4, -0.2) is 15.3 Å². The summed E-state index contributed by atoms with van der Waals surface area (Å²) in [4.78, 5) is 15.9. The van der Waals surface area contributed by atoms with Crippen molar-refractivity contribution in [2.75, 3.05) is 0 Å². The number of ketones is 1. The summed E-state index contributed by atoms with van der Waals surface area (Å²) in [5.41, 5.74) is 0. The van der Waals surface area contributed by atoms with Crippen LogP contribution in [0.2, 0.25) is 0 Å². The van der Waals surface area contributed by atoms with Gasteiger partial charge in [0, 0.05) is 18.3 Å². The lowest BCUT2D eigenvalue weighted by molar-refractivity contribution is -0.124. The van der Waals surface area contributed by atoms with Gasteiger partial charge in [0.1, 0.15) is 0 Å². The molecule has 1 saturated carbocycles. The van der Waals surface area contributed by atoms with E-state index in [4.69, 9.17) is 0 Å². The van der Waals surface area contributed by atoms with E-state index < -0.39 is 0 Å². The average molecular weight is 206 g/mol. The summed E-state index contributed by atoms with van der Waals surface area (Å²) >= 11 is 0. The highest BCUT2D eigenvalue weighted by atomic mass is 16.1. The molecule has 0 amide bonds. The Kier molecular flexibility index (Phi) is 3.19. The van der Waals surface area contributed by atoms with E-state index in [2.05, 4.69) is 11.9 Å². The van der Waals surface area contributed by atoms with Crippen LogP contribution in [0.4, 0.5) is 0 Å². The van der Waals surface area contributed by atoms with Gasteiger partial charge < -0.3 is 4.57 Å². The molecular weight excluding hydrogens is 188 g/mol. The number of Topliss-reactive ketones (excluding diaryl/α,β-unsaturated/α-hetero) is 1. The first kappa shape index (κ1) is 10.4. The fourth-order valence-electron chi connectivity index (χ4n) is 2.27. The number of aromatic nitrogens is 2. The van der Waals surface area contributed by atoms with E-state index in [1.807, 2.05) is 10.8 Å². The number of hydrogen-bond acceptors (Lipinski definition) is 2. The van der Waals surface area contributed by atoms with Crippen LogP contribution in [0, 0.1) is 11.8 Å². The van der Waals surface area contributed by atoms with Gasteiger partial charge in [0.15, 0.2) is 5.78 Å². The molecule has 0 atom stereocenters. The van der Waals surface area contributed by atoms with Gasteiger partial charge in [-0.05, 0) is 18.8 Å². The number of carbonyl (C=O) groups is 1. The van der Waals surface area contributed by atoms with Gasteiger partial charge in [0.05, 0.1) is 12.9 Å². The van der Waals surface area contributed by atoms with Crippen LogP contribution in [-0.2, 0) is 11.3 Å². The van der Waals surface area contributed by atoms with Crippen LogP contribution in [0.1, 0.15) is 32.6 Å². The van der Waals surface area contributed by atoms with Gasteiger partial charge >= 0.3 is 0 Å². The Morgan fingerprint density at radius 3 is 2.73 bits per heavy atom. The molecule has 0 radical (unpaired) electrons. The molecule has 0 aromatic carbocycles. The second-order valence-corrected chi connectivity index (χ2v) is 4.66. The summed E-state index contributed by atoms with van der Waals surface area (Å²) in [5.74, 6) is 1.48. The van der Waals surface area contributed by atoms with Gasteiger partial charge in [0.25, 0.3) is 0 Å². The van der Waals surface area contributed by atoms with E-state index in [1.165, 1.54) is 12.8 Å². The number of hydrogen-bond donors (Lipinski definition) is 0. The molecule has 0 aliphatic heterocycles. The monoisotopic (exact) mass is 206 g/mol. The average Bonchev–Trinajstić information content (AvgIpc) is 2.71. The predicted octanol–water partition coefficient (Wildman–Crippen LogP) is 2.28. The van der Waals surface area contributed by atoms with Gasteiger partial charge in [-0.25, -0.2) is 4.98 Å². The Morgan fingerprint density at radius 2 is 2.13 bits per heavy atom. The molecule has 1 fully saturated rings. The van der Waals surface area contributed by atoms with Crippen molar-refractivity contribution in [1.82, 2.24) is 9.55 Å². The maximum atomic E-state index is 11.9. The van der Waals surface area contributed by atoms with Gasteiger partial charge in [-0.1, -0.05) is 19.8 Å². The number of nitrogens with zero attached hydrogens (tertiary/aromatic N) is 2. The molecule has 3 heteroatoms. The zero-order chi connectivity index (χ0) is 10.7. The van der Waals surface area contributed by atoms with Gasteiger partial charge in [-0.3, -0.25) is 4.79 Å². The van der Waals surface area contributed by atoms with Crippen molar-refractivity contribution >= 4 is 5.78 Å². The highest BCUT2D eigenvalue weighted by molar-refractivity contribution is 5.80. The number of carbonyl (C=O) groups excluding carboxylic acids is 1. The molecule has 82 valence electrons. The van der Waals surface area contributed by atoms with Crippen LogP contribution in [0.3, 0.4) is 0 Å². The van der Waals surface area contributed by atoms with E-state index in [9.17, 15) is 4.79 Å². The highest BCUT2D eigenvalue weighted by Crippen LogP contribution is 2.29. The molecule has 15 heavy (non-hydrogen) atoms. The summed E-state index contributed by atoms with van der Waals surface area (Å²) in [6, 6.07) is 0. The van der Waals surface area contributed by atoms with Crippen molar-refractivity contribution in [3.63, 3.8) is 0 Å². The first-order chi connectivity index (χ1) is 7.25. The summed E-state index contributed by atoms with van der Waals surface area (Å²) in [6.07, 6.45) is 9.85. The molecule has 0 N–H and O–H groups in total. The fourth-order valence-corrected chi connectivity index (χ4v) is 2.27. The minimum Gasteiger partial charge on any atom is -0.330 e. The van der Waals surface area contributed by atoms with Crippen molar-refractivity contribution < 1.29 is 4.79 Å². The minimum atomic E-state index is 0.295. The summed E-state index contributed by atoms with van der Waals surface area (Å²) in [5, 5.41) is 0. The van der Waals surface area contributed by atoms with Gasteiger partial charge in [-0.2, -0.15) is 0 Å². The highest BCUT2D eigenvalue weighted by Gasteiger charge is 2.23. The van der Waals surface area contributed by atoms with Crippen LogP contribution in [0.15, 0.2) is 18.7 Å². The largest absolute Gasteiger partial charge is 0.330 e. The summed E-state index contributed by atoms with van der Waals surface area (Å²) in [7, 11) is 0. The molecule has 0 bridgehead atoms. The minimum absolute atomic E-state index is 0.295. The number of rotatable bonds is 3. The third-order valence-electron chi connectivity index (χ3n) is 3.37. The van der Waals surface area contributed by atoms with Gasteiger partial charge in [0.2, 0.25) is 0 Å². The van der Waals surface area contributed by atoms with Crippen LogP contribution in [0.25, 0.3) is 0 Å². The Balaban J connectivity index is 1.86. The normalized spacial score (nSPS) is 26.5. The topological polar surface area (TPSA) is 34.9 Å². The molecule has 2 rings (SSSR count). The Bertz CT molecular complexity index is 310. The van der Waals surface area contributed by atoms with E-state index in [-0.39, 0.29) is 0 Å². The van der Waals surface area contributed by atoms with E-state index >= 15 is 0 Å². The first-order valence-electron chi connectivity index (χ1n) is 5.74. The molecule has 1 aliphatic rings. The quantitative estimate of drug-likeness (QED) is 0.760. The lowest BCUT2D eigenvalue weighted by atomic mass is 9.81. The Labute approximate surface area is 90.5 Å². The maximum Gasteiger partial charge on any atom is 0.155 e.